The van der Waals surface area contributed by atoms with E-state index in [1.807, 2.05) is 6.07 Å². The Labute approximate surface area is 181 Å². The van der Waals surface area contributed by atoms with E-state index >= 15 is 0 Å². The number of carboxylic acid groups (broad SMARTS) is 1. The Morgan fingerprint density at radius 3 is 2.16 bits per heavy atom. The fourth-order valence-corrected chi connectivity index (χ4v) is 3.35. The highest BCUT2D eigenvalue weighted by Crippen LogP contribution is 2.12. The van der Waals surface area contributed by atoms with E-state index in [0.29, 0.717) is 21.2 Å². The lowest BCUT2D eigenvalue weighted by molar-refractivity contribution is 0.0696. The average Bonchev–Trinajstić information content (AvgIpc) is 2.81. The molecule has 0 unspecified atom stereocenters. The highest BCUT2D eigenvalue weighted by atomic mass is 16.6. The standard InChI is InChI=1S/C24H18N2O6/c27-21-19-8-4-5-9-20(19)25(14-16-10-12-18(13-11-16)22(28)29)23(30)26(21)24(31)32-15-17-6-2-1-3-7-17/h1-13H,14-15H2,(H,28,29). The van der Waals surface area contributed by atoms with E-state index in [-0.39, 0.29) is 24.1 Å². The van der Waals surface area contributed by atoms with Crippen LogP contribution in [-0.2, 0) is 17.9 Å². The van der Waals surface area contributed by atoms with Gasteiger partial charge in [0.25, 0.3) is 5.56 Å². The number of hydrogen-bond acceptors (Lipinski definition) is 5. The number of hydrogen-bond donors (Lipinski definition) is 1. The molecule has 4 aromatic rings. The summed E-state index contributed by atoms with van der Waals surface area (Å²) in [6, 6.07) is 21.4. The van der Waals surface area contributed by atoms with E-state index < -0.39 is 23.3 Å². The van der Waals surface area contributed by atoms with Crippen molar-refractivity contribution in [2.75, 3.05) is 0 Å². The van der Waals surface area contributed by atoms with Crippen LogP contribution in [0.25, 0.3) is 10.9 Å². The molecule has 1 heterocycles. The van der Waals surface area contributed by atoms with Crippen molar-refractivity contribution in [1.29, 1.82) is 0 Å². The van der Waals surface area contributed by atoms with Gasteiger partial charge in [0.1, 0.15) is 6.61 Å². The molecule has 0 fully saturated rings. The molecule has 0 aliphatic heterocycles. The number of carboxylic acids is 1. The Kier molecular flexibility index (Phi) is 5.67. The summed E-state index contributed by atoms with van der Waals surface area (Å²) in [4.78, 5) is 49.8. The van der Waals surface area contributed by atoms with Gasteiger partial charge >= 0.3 is 17.8 Å². The van der Waals surface area contributed by atoms with Gasteiger partial charge in [-0.3, -0.25) is 9.36 Å². The fourth-order valence-electron chi connectivity index (χ4n) is 3.35. The van der Waals surface area contributed by atoms with Crippen molar-refractivity contribution in [3.8, 4) is 0 Å². The number of carbonyl (C=O) groups excluding carboxylic acids is 1. The number of benzene rings is 3. The van der Waals surface area contributed by atoms with Gasteiger partial charge in [-0.1, -0.05) is 54.6 Å². The van der Waals surface area contributed by atoms with Crippen molar-refractivity contribution >= 4 is 23.0 Å². The topological polar surface area (TPSA) is 108 Å². The highest BCUT2D eigenvalue weighted by Gasteiger charge is 2.19. The molecule has 0 radical (unpaired) electrons. The van der Waals surface area contributed by atoms with Crippen molar-refractivity contribution < 1.29 is 19.4 Å². The van der Waals surface area contributed by atoms with Crippen LogP contribution in [0.3, 0.4) is 0 Å². The van der Waals surface area contributed by atoms with Gasteiger partial charge in [-0.25, -0.2) is 14.4 Å². The van der Waals surface area contributed by atoms with Crippen LogP contribution in [0.5, 0.6) is 0 Å². The van der Waals surface area contributed by atoms with Crippen LogP contribution in [0.4, 0.5) is 4.79 Å². The number of rotatable bonds is 5. The summed E-state index contributed by atoms with van der Waals surface area (Å²) in [5.74, 6) is -1.06. The zero-order chi connectivity index (χ0) is 22.7. The van der Waals surface area contributed by atoms with Gasteiger partial charge in [0.15, 0.2) is 0 Å². The summed E-state index contributed by atoms with van der Waals surface area (Å²) >= 11 is 0. The Morgan fingerprint density at radius 2 is 1.47 bits per heavy atom. The third kappa shape index (κ3) is 4.06. The molecule has 0 spiro atoms. The fraction of sp³-hybridized carbons (Fsp3) is 0.0833. The molecule has 0 aliphatic rings. The minimum Gasteiger partial charge on any atom is -0.478 e. The summed E-state index contributed by atoms with van der Waals surface area (Å²) in [5, 5.41) is 9.25. The van der Waals surface area contributed by atoms with Crippen molar-refractivity contribution in [3.63, 3.8) is 0 Å². The first kappa shape index (κ1) is 20.8. The molecular weight excluding hydrogens is 412 g/mol. The second-order valence-electron chi connectivity index (χ2n) is 7.07. The van der Waals surface area contributed by atoms with Crippen molar-refractivity contribution in [2.24, 2.45) is 0 Å². The average molecular weight is 430 g/mol. The molecule has 3 aromatic carbocycles. The van der Waals surface area contributed by atoms with Crippen LogP contribution in [-0.4, -0.2) is 26.3 Å². The number of fused-ring (bicyclic) bond motifs is 1. The Morgan fingerprint density at radius 1 is 0.812 bits per heavy atom. The van der Waals surface area contributed by atoms with Gasteiger partial charge < -0.3 is 9.84 Å². The molecule has 4 rings (SSSR count). The normalized spacial score (nSPS) is 10.8. The minimum absolute atomic E-state index is 0.0332. The lowest BCUT2D eigenvalue weighted by atomic mass is 10.1. The molecule has 1 aromatic heterocycles. The van der Waals surface area contributed by atoms with Crippen LogP contribution in [0.1, 0.15) is 21.5 Å². The molecule has 0 saturated heterocycles. The maximum absolute atomic E-state index is 13.2. The Hall–Kier alpha value is -4.46. The lowest BCUT2D eigenvalue weighted by Crippen LogP contribution is -2.44. The third-order valence-electron chi connectivity index (χ3n) is 4.98. The summed E-state index contributed by atoms with van der Waals surface area (Å²) in [7, 11) is 0. The van der Waals surface area contributed by atoms with Crippen LogP contribution >= 0.6 is 0 Å². The number of nitrogens with zero attached hydrogens (tertiary/aromatic N) is 2. The smallest absolute Gasteiger partial charge is 0.425 e. The van der Waals surface area contributed by atoms with Gasteiger partial charge in [-0.2, -0.15) is 4.57 Å². The monoisotopic (exact) mass is 430 g/mol. The SMILES string of the molecule is O=C(O)c1ccc(Cn2c(=O)n(C(=O)OCc3ccccc3)c(=O)c3ccccc32)cc1. The van der Waals surface area contributed by atoms with Crippen molar-refractivity contribution in [2.45, 2.75) is 13.2 Å². The van der Waals surface area contributed by atoms with Gasteiger partial charge in [-0.05, 0) is 35.4 Å². The predicted octanol–water partition coefficient (Wildman–Crippen LogP) is 3.09. The summed E-state index contributed by atoms with van der Waals surface area (Å²) in [5.41, 5.74) is 0.214. The second kappa shape index (κ2) is 8.73. The zero-order valence-corrected chi connectivity index (χ0v) is 16.8. The van der Waals surface area contributed by atoms with E-state index in [1.165, 1.54) is 22.8 Å². The van der Waals surface area contributed by atoms with Crippen molar-refractivity contribution in [3.05, 3.63) is 116 Å². The molecule has 160 valence electrons. The third-order valence-corrected chi connectivity index (χ3v) is 4.98. The number of aromatic nitrogens is 2. The number of para-hydroxylation sites is 1. The Balaban J connectivity index is 1.75. The van der Waals surface area contributed by atoms with Crippen LogP contribution < -0.4 is 11.2 Å². The first-order valence-corrected chi connectivity index (χ1v) is 9.73. The predicted molar refractivity (Wildman–Crippen MR) is 117 cm³/mol. The van der Waals surface area contributed by atoms with Gasteiger partial charge in [0, 0.05) is 0 Å². The van der Waals surface area contributed by atoms with E-state index in [2.05, 4.69) is 0 Å². The Bertz CT molecular complexity index is 1420. The van der Waals surface area contributed by atoms with Gasteiger partial charge in [-0.15, -0.1) is 0 Å². The molecule has 0 atom stereocenters. The van der Waals surface area contributed by atoms with Gasteiger partial charge in [0.05, 0.1) is 23.0 Å². The van der Waals surface area contributed by atoms with Crippen LogP contribution in [0.2, 0.25) is 0 Å². The van der Waals surface area contributed by atoms with Crippen LogP contribution in [0.15, 0.2) is 88.5 Å². The molecular formula is C24H18N2O6. The summed E-state index contributed by atoms with van der Waals surface area (Å²) in [6.07, 6.45) is -1.07. The summed E-state index contributed by atoms with van der Waals surface area (Å²) in [6.45, 7) is -0.0550. The highest BCUT2D eigenvalue weighted by molar-refractivity contribution is 5.87. The quantitative estimate of drug-likeness (QED) is 0.521. The molecule has 0 aliphatic carbocycles. The molecule has 1 N–H and O–H groups in total. The molecule has 0 amide bonds. The van der Waals surface area contributed by atoms with E-state index in [1.54, 1.807) is 54.6 Å². The van der Waals surface area contributed by atoms with E-state index in [9.17, 15) is 19.2 Å². The second-order valence-corrected chi connectivity index (χ2v) is 7.07. The molecule has 8 nitrogen and oxygen atoms in total. The summed E-state index contributed by atoms with van der Waals surface area (Å²) < 4.78 is 6.99. The number of carbonyl (C=O) groups is 2. The first-order chi connectivity index (χ1) is 15.5. The first-order valence-electron chi connectivity index (χ1n) is 9.73. The zero-order valence-electron chi connectivity index (χ0n) is 16.8. The lowest BCUT2D eigenvalue weighted by Gasteiger charge is -2.14. The van der Waals surface area contributed by atoms with Gasteiger partial charge in [0.2, 0.25) is 0 Å². The maximum atomic E-state index is 13.2. The van der Waals surface area contributed by atoms with Crippen molar-refractivity contribution in [1.82, 2.24) is 9.13 Å². The minimum atomic E-state index is -1.07. The van der Waals surface area contributed by atoms with E-state index in [4.69, 9.17) is 9.84 Å². The van der Waals surface area contributed by atoms with E-state index in [0.717, 1.165) is 0 Å². The number of ether oxygens (including phenoxy) is 1. The maximum Gasteiger partial charge on any atom is 0.425 e. The molecule has 8 heteroatoms. The largest absolute Gasteiger partial charge is 0.478 e. The van der Waals surface area contributed by atoms with Crippen LogP contribution in [0, 0.1) is 0 Å². The molecule has 32 heavy (non-hydrogen) atoms. The number of aromatic carboxylic acids is 1. The molecule has 0 saturated carbocycles. The molecule has 0 bridgehead atoms.